The van der Waals surface area contributed by atoms with Gasteiger partial charge < -0.3 is 30.9 Å². The van der Waals surface area contributed by atoms with Gasteiger partial charge in [-0.15, -0.1) is 0 Å². The van der Waals surface area contributed by atoms with Gasteiger partial charge in [0.05, 0.1) is 31.4 Å². The average Bonchev–Trinajstić information content (AvgIpc) is 3.00. The zero-order valence-corrected chi connectivity index (χ0v) is 19.9. The molecule has 29 heavy (non-hydrogen) atoms. The minimum atomic E-state index is -2.79. The molecule has 0 saturated carbocycles. The molecule has 1 atom stereocenters. The number of carbonyl (C=O) groups excluding carboxylic acids is 1. The molecular weight excluding hydrogens is 460 g/mol. The van der Waals surface area contributed by atoms with E-state index in [0.29, 0.717) is 11.5 Å². The van der Waals surface area contributed by atoms with Crippen LogP contribution >= 0.6 is 11.8 Å². The van der Waals surface area contributed by atoms with Crippen LogP contribution in [0.5, 0.6) is 0 Å². The molecular formula is C15H23N5O7SZn. The van der Waals surface area contributed by atoms with Gasteiger partial charge >= 0.3 is 17.9 Å². The fraction of sp³-hybridized carbons (Fsp3) is 0.533. The molecule has 0 spiro atoms. The second-order valence-electron chi connectivity index (χ2n) is 5.76. The molecule has 1 unspecified atom stereocenters. The predicted octanol–water partition coefficient (Wildman–Crippen LogP) is -0.666. The van der Waals surface area contributed by atoms with Gasteiger partial charge in [0, 0.05) is 43.7 Å². The van der Waals surface area contributed by atoms with Gasteiger partial charge in [-0.25, -0.2) is 14.6 Å². The number of hydrogen-bond acceptors (Lipinski definition) is 8. The number of nitrogens with two attached hydrogens (primary N) is 1. The summed E-state index contributed by atoms with van der Waals surface area (Å²) in [6, 6.07) is 0. The van der Waals surface area contributed by atoms with Crippen LogP contribution in [0.1, 0.15) is 24.2 Å². The fourth-order valence-electron chi connectivity index (χ4n) is 2.03. The van der Waals surface area contributed by atoms with E-state index < -0.39 is 36.4 Å². The fourth-order valence-corrected chi connectivity index (χ4v) is 2.95. The van der Waals surface area contributed by atoms with E-state index in [2.05, 4.69) is 15.0 Å². The van der Waals surface area contributed by atoms with Gasteiger partial charge in [-0.1, -0.05) is 0 Å². The summed E-state index contributed by atoms with van der Waals surface area (Å²) in [6.07, 6.45) is -0.642. The van der Waals surface area contributed by atoms with E-state index in [1.165, 1.54) is 18.8 Å². The SMILES string of the molecule is CN=C(N)N(CCSCc1nc[nH]c1C)OC(=O)CC(O)(CC(=O)O)C(=O)O.[Zn]. The summed E-state index contributed by atoms with van der Waals surface area (Å²) in [4.78, 5) is 49.7. The van der Waals surface area contributed by atoms with E-state index in [1.807, 2.05) is 6.92 Å². The van der Waals surface area contributed by atoms with Gasteiger partial charge in [0.15, 0.2) is 5.60 Å². The number of rotatable bonds is 10. The zero-order chi connectivity index (χ0) is 21.3. The van der Waals surface area contributed by atoms with Crippen molar-refractivity contribution in [3.05, 3.63) is 17.7 Å². The second-order valence-corrected chi connectivity index (χ2v) is 6.86. The Labute approximate surface area is 183 Å². The summed E-state index contributed by atoms with van der Waals surface area (Å²) in [5, 5.41) is 28.6. The Bertz CT molecular complexity index is 744. The Hall–Kier alpha value is -2.18. The molecule has 1 rings (SSSR count). The molecule has 158 valence electrons. The van der Waals surface area contributed by atoms with Gasteiger partial charge in [-0.05, 0) is 6.92 Å². The van der Waals surface area contributed by atoms with Crippen LogP contribution in [0, 0.1) is 6.92 Å². The molecule has 14 heteroatoms. The maximum absolute atomic E-state index is 12.0. The van der Waals surface area contributed by atoms with E-state index in [4.69, 9.17) is 20.8 Å². The van der Waals surface area contributed by atoms with Crippen molar-refractivity contribution >= 4 is 35.6 Å². The number of nitrogens with zero attached hydrogens (tertiary/aromatic N) is 3. The van der Waals surface area contributed by atoms with Crippen molar-refractivity contribution in [2.45, 2.75) is 31.1 Å². The maximum Gasteiger partial charge on any atom is 0.336 e. The van der Waals surface area contributed by atoms with Gasteiger partial charge in [-0.2, -0.15) is 16.8 Å². The van der Waals surface area contributed by atoms with Crippen LogP contribution in [0.15, 0.2) is 11.3 Å². The molecule has 0 aliphatic carbocycles. The zero-order valence-electron chi connectivity index (χ0n) is 16.1. The number of carboxylic acid groups (broad SMARTS) is 2. The average molecular weight is 483 g/mol. The van der Waals surface area contributed by atoms with Crippen molar-refractivity contribution < 1.29 is 54.0 Å². The third-order valence-corrected chi connectivity index (χ3v) is 4.54. The van der Waals surface area contributed by atoms with Crippen LogP contribution < -0.4 is 5.73 Å². The summed E-state index contributed by atoms with van der Waals surface area (Å²) in [7, 11) is 1.37. The molecule has 1 aromatic heterocycles. The minimum absolute atomic E-state index is 0. The molecule has 1 aromatic rings. The summed E-state index contributed by atoms with van der Waals surface area (Å²) in [5.41, 5.74) is 4.70. The van der Waals surface area contributed by atoms with Crippen LogP contribution in [0.25, 0.3) is 0 Å². The van der Waals surface area contributed by atoms with Crippen molar-refractivity contribution in [2.24, 2.45) is 10.7 Å². The Morgan fingerprint density at radius 1 is 1.38 bits per heavy atom. The number of H-pyrrole nitrogens is 1. The number of aliphatic carboxylic acids is 2. The molecule has 0 saturated heterocycles. The third kappa shape index (κ3) is 8.79. The number of aryl methyl sites for hydroxylation is 1. The number of aromatic nitrogens is 2. The predicted molar refractivity (Wildman–Crippen MR) is 99.3 cm³/mol. The Balaban J connectivity index is 0.00000784. The first kappa shape index (κ1) is 26.8. The van der Waals surface area contributed by atoms with E-state index in [0.717, 1.165) is 16.5 Å². The van der Waals surface area contributed by atoms with Crippen LogP contribution in [-0.4, -0.2) is 79.2 Å². The quantitative estimate of drug-likeness (QED) is 0.0933. The second kappa shape index (κ2) is 12.4. The molecule has 0 bridgehead atoms. The van der Waals surface area contributed by atoms with Crippen molar-refractivity contribution in [3.63, 3.8) is 0 Å². The number of imidazole rings is 1. The van der Waals surface area contributed by atoms with E-state index in [1.54, 1.807) is 6.33 Å². The van der Waals surface area contributed by atoms with Crippen LogP contribution in [0.4, 0.5) is 0 Å². The number of aliphatic hydroxyl groups is 1. The number of carbonyl (C=O) groups is 3. The molecule has 12 nitrogen and oxygen atoms in total. The van der Waals surface area contributed by atoms with Crippen LogP contribution in [0.2, 0.25) is 0 Å². The number of guanidine groups is 1. The van der Waals surface area contributed by atoms with E-state index in [-0.39, 0.29) is 32.0 Å². The van der Waals surface area contributed by atoms with Crippen LogP contribution in [0.3, 0.4) is 0 Å². The Kier molecular flexibility index (Phi) is 11.5. The largest absolute Gasteiger partial charge is 0.481 e. The summed E-state index contributed by atoms with van der Waals surface area (Å²) < 4.78 is 0. The molecule has 0 radical (unpaired) electrons. The van der Waals surface area contributed by atoms with E-state index in [9.17, 15) is 19.5 Å². The van der Waals surface area contributed by atoms with Gasteiger partial charge in [-0.3, -0.25) is 9.79 Å². The molecule has 0 aliphatic rings. The third-order valence-electron chi connectivity index (χ3n) is 3.59. The first-order valence-corrected chi connectivity index (χ1v) is 9.19. The Morgan fingerprint density at radius 3 is 2.52 bits per heavy atom. The monoisotopic (exact) mass is 481 g/mol. The first-order chi connectivity index (χ1) is 13.1. The first-order valence-electron chi connectivity index (χ1n) is 8.03. The number of thioether (sulfide) groups is 1. The van der Waals surface area contributed by atoms with Gasteiger partial charge in [0.2, 0.25) is 5.96 Å². The molecule has 0 amide bonds. The number of hydrogen-bond donors (Lipinski definition) is 5. The molecule has 1 heterocycles. The number of carboxylic acids is 2. The van der Waals surface area contributed by atoms with Gasteiger partial charge in [0.25, 0.3) is 0 Å². The maximum atomic E-state index is 12.0. The normalized spacial score (nSPS) is 13.1. The smallest absolute Gasteiger partial charge is 0.336 e. The number of nitrogens with one attached hydrogen (secondary N) is 1. The molecule has 0 aromatic carbocycles. The van der Waals surface area contributed by atoms with Crippen molar-refractivity contribution in [1.82, 2.24) is 15.0 Å². The van der Waals surface area contributed by atoms with E-state index >= 15 is 0 Å². The van der Waals surface area contributed by atoms with Crippen LogP contribution in [-0.2, 0) is 44.5 Å². The molecule has 0 fully saturated rings. The van der Waals surface area contributed by atoms with Gasteiger partial charge in [0.1, 0.15) is 0 Å². The van der Waals surface area contributed by atoms with Crippen molar-refractivity contribution in [1.29, 1.82) is 0 Å². The Morgan fingerprint density at radius 2 is 2.03 bits per heavy atom. The summed E-state index contributed by atoms with van der Waals surface area (Å²) >= 11 is 1.49. The number of aromatic amines is 1. The summed E-state index contributed by atoms with van der Waals surface area (Å²) in [5.74, 6) is -3.64. The summed E-state index contributed by atoms with van der Waals surface area (Å²) in [6.45, 7) is 2.02. The standard InChI is InChI=1S/C15H23N5O7S.Zn/c1-9-10(19-8-18-9)7-28-4-3-20(14(16)17-2)27-12(23)6-15(26,13(24)25)5-11(21)22;/h8,26H,3-7H2,1-2H3,(H2,16,17)(H,18,19)(H,21,22)(H,24,25);. The van der Waals surface area contributed by atoms with Crippen molar-refractivity contribution in [3.8, 4) is 0 Å². The van der Waals surface area contributed by atoms with Crippen molar-refractivity contribution in [2.75, 3.05) is 19.3 Å². The number of hydroxylamine groups is 2. The topological polar surface area (TPSA) is 191 Å². The minimum Gasteiger partial charge on any atom is -0.481 e. The number of aliphatic imine (C=N–C) groups is 1. The molecule has 6 N–H and O–H groups in total. The molecule has 0 aliphatic heterocycles.